The molecule has 1 aliphatic rings. The Balaban J connectivity index is 1.69. The van der Waals surface area contributed by atoms with Gasteiger partial charge in [0.1, 0.15) is 5.82 Å². The van der Waals surface area contributed by atoms with Crippen molar-refractivity contribution in [1.82, 2.24) is 19.3 Å². The van der Waals surface area contributed by atoms with Crippen LogP contribution in [0.4, 0.5) is 0 Å². The van der Waals surface area contributed by atoms with E-state index in [1.807, 2.05) is 19.9 Å². The van der Waals surface area contributed by atoms with E-state index < -0.39 is 0 Å². The number of rotatable bonds is 9. The molecule has 136 valence electrons. The quantitative estimate of drug-likeness (QED) is 0.506. The summed E-state index contributed by atoms with van der Waals surface area (Å²) in [5.41, 5.74) is 2.90. The standard InChI is InChI=1S/C18H26N4O2S/c1-5-21-17(14-6-7-14)19-20-18(21)25-11-16(23)15-10-12(2)22(13(15)3)8-9-24-4/h10,14H,5-9,11H2,1-4H3. The Morgan fingerprint density at radius 1 is 1.32 bits per heavy atom. The van der Waals surface area contributed by atoms with Crippen molar-refractivity contribution in [3.63, 3.8) is 0 Å². The first-order valence-electron chi connectivity index (χ1n) is 8.81. The van der Waals surface area contributed by atoms with Crippen molar-refractivity contribution in [3.05, 3.63) is 28.8 Å². The van der Waals surface area contributed by atoms with E-state index in [0.29, 0.717) is 18.3 Å². The molecule has 1 aliphatic carbocycles. The van der Waals surface area contributed by atoms with Crippen LogP contribution in [0.3, 0.4) is 0 Å². The van der Waals surface area contributed by atoms with Gasteiger partial charge >= 0.3 is 0 Å². The molecule has 2 heterocycles. The third kappa shape index (κ3) is 3.82. The van der Waals surface area contributed by atoms with E-state index in [4.69, 9.17) is 4.74 Å². The molecular formula is C18H26N4O2S. The second kappa shape index (κ2) is 7.74. The Morgan fingerprint density at radius 2 is 2.08 bits per heavy atom. The van der Waals surface area contributed by atoms with Gasteiger partial charge in [-0.2, -0.15) is 0 Å². The molecule has 0 radical (unpaired) electrons. The van der Waals surface area contributed by atoms with Gasteiger partial charge in [-0.3, -0.25) is 4.79 Å². The average molecular weight is 362 g/mol. The molecule has 1 fully saturated rings. The van der Waals surface area contributed by atoms with E-state index in [0.717, 1.165) is 41.0 Å². The number of Topliss-reactive ketones (excluding diaryl/α,β-unsaturated/α-hetero) is 1. The highest BCUT2D eigenvalue weighted by atomic mass is 32.2. The van der Waals surface area contributed by atoms with Crippen LogP contribution in [-0.4, -0.2) is 44.6 Å². The second-order valence-corrected chi connectivity index (χ2v) is 7.44. The smallest absolute Gasteiger partial charge is 0.191 e. The molecule has 2 aromatic rings. The largest absolute Gasteiger partial charge is 0.383 e. The van der Waals surface area contributed by atoms with Crippen LogP contribution in [0.1, 0.15) is 53.3 Å². The molecule has 2 aromatic heterocycles. The van der Waals surface area contributed by atoms with Crippen molar-refractivity contribution >= 4 is 17.5 Å². The van der Waals surface area contributed by atoms with E-state index in [1.165, 1.54) is 24.6 Å². The van der Waals surface area contributed by atoms with Gasteiger partial charge in [-0.1, -0.05) is 11.8 Å². The Bertz CT molecular complexity index is 761. The molecule has 6 nitrogen and oxygen atoms in total. The predicted molar refractivity (Wildman–Crippen MR) is 98.5 cm³/mol. The van der Waals surface area contributed by atoms with Crippen LogP contribution in [0.15, 0.2) is 11.2 Å². The maximum atomic E-state index is 12.7. The van der Waals surface area contributed by atoms with Crippen molar-refractivity contribution in [1.29, 1.82) is 0 Å². The molecule has 0 atom stereocenters. The van der Waals surface area contributed by atoms with Crippen LogP contribution < -0.4 is 0 Å². The minimum atomic E-state index is 0.139. The molecule has 0 aliphatic heterocycles. The number of carbonyl (C=O) groups excluding carboxylic acids is 1. The van der Waals surface area contributed by atoms with Gasteiger partial charge in [0.05, 0.1) is 12.4 Å². The summed E-state index contributed by atoms with van der Waals surface area (Å²) in [6.45, 7) is 8.39. The summed E-state index contributed by atoms with van der Waals surface area (Å²) in [5.74, 6) is 2.17. The number of hydrogen-bond donors (Lipinski definition) is 0. The number of hydrogen-bond acceptors (Lipinski definition) is 5. The monoisotopic (exact) mass is 362 g/mol. The van der Waals surface area contributed by atoms with Crippen molar-refractivity contribution in [2.45, 2.75) is 57.8 Å². The number of ether oxygens (including phenoxy) is 1. The van der Waals surface area contributed by atoms with Crippen molar-refractivity contribution in [2.24, 2.45) is 0 Å². The molecule has 0 bridgehead atoms. The molecule has 0 unspecified atom stereocenters. The fourth-order valence-corrected chi connectivity index (χ4v) is 4.06. The van der Waals surface area contributed by atoms with Gasteiger partial charge < -0.3 is 13.9 Å². The molecule has 3 rings (SSSR count). The molecule has 1 saturated carbocycles. The SMILES string of the molecule is CCn1c(SCC(=O)c2cc(C)n(CCOC)c2C)nnc1C1CC1. The van der Waals surface area contributed by atoms with Gasteiger partial charge in [0, 0.05) is 43.1 Å². The Kier molecular flexibility index (Phi) is 5.64. The topological polar surface area (TPSA) is 61.9 Å². The van der Waals surface area contributed by atoms with Crippen LogP contribution >= 0.6 is 11.8 Å². The number of aryl methyl sites for hydroxylation is 1. The van der Waals surface area contributed by atoms with Crippen LogP contribution in [-0.2, 0) is 17.8 Å². The van der Waals surface area contributed by atoms with E-state index in [9.17, 15) is 4.79 Å². The average Bonchev–Trinajstić information content (AvgIpc) is 3.30. The van der Waals surface area contributed by atoms with Crippen molar-refractivity contribution in [2.75, 3.05) is 19.5 Å². The third-order valence-corrected chi connectivity index (χ3v) is 5.70. The first-order valence-corrected chi connectivity index (χ1v) is 9.80. The van der Waals surface area contributed by atoms with E-state index in [1.54, 1.807) is 7.11 Å². The lowest BCUT2D eigenvalue weighted by atomic mass is 10.2. The molecule has 7 heteroatoms. The first kappa shape index (κ1) is 18.2. The molecule has 25 heavy (non-hydrogen) atoms. The predicted octanol–water partition coefficient (Wildman–Crippen LogP) is 3.22. The highest BCUT2D eigenvalue weighted by Crippen LogP contribution is 2.40. The number of methoxy groups -OCH3 is 1. The molecule has 0 spiro atoms. The summed E-state index contributed by atoms with van der Waals surface area (Å²) in [7, 11) is 1.69. The maximum Gasteiger partial charge on any atom is 0.191 e. The minimum absolute atomic E-state index is 0.139. The highest BCUT2D eigenvalue weighted by molar-refractivity contribution is 7.99. The first-order chi connectivity index (χ1) is 12.1. The lowest BCUT2D eigenvalue weighted by Gasteiger charge is -2.09. The number of carbonyl (C=O) groups is 1. The summed E-state index contributed by atoms with van der Waals surface area (Å²) in [4.78, 5) is 12.7. The Hall–Kier alpha value is -1.60. The lowest BCUT2D eigenvalue weighted by molar-refractivity contribution is 0.102. The Labute approximate surface area is 153 Å². The summed E-state index contributed by atoms with van der Waals surface area (Å²) < 4.78 is 9.45. The number of ketones is 1. The molecule has 0 saturated heterocycles. The van der Waals surface area contributed by atoms with Crippen molar-refractivity contribution < 1.29 is 9.53 Å². The van der Waals surface area contributed by atoms with Gasteiger partial charge in [-0.05, 0) is 39.7 Å². The summed E-state index contributed by atoms with van der Waals surface area (Å²) in [6, 6.07) is 1.98. The molecule has 0 aromatic carbocycles. The highest BCUT2D eigenvalue weighted by Gasteiger charge is 2.30. The molecule has 0 N–H and O–H groups in total. The summed E-state index contributed by atoms with van der Waals surface area (Å²) in [5, 5.41) is 9.49. The Morgan fingerprint density at radius 3 is 2.72 bits per heavy atom. The third-order valence-electron chi connectivity index (χ3n) is 4.73. The van der Waals surface area contributed by atoms with Gasteiger partial charge in [0.2, 0.25) is 0 Å². The molecule has 0 amide bonds. The van der Waals surface area contributed by atoms with Crippen LogP contribution in [0.5, 0.6) is 0 Å². The van der Waals surface area contributed by atoms with Crippen LogP contribution in [0.2, 0.25) is 0 Å². The summed E-state index contributed by atoms with van der Waals surface area (Å²) in [6.07, 6.45) is 2.41. The number of aromatic nitrogens is 4. The van der Waals surface area contributed by atoms with Crippen LogP contribution in [0, 0.1) is 13.8 Å². The van der Waals surface area contributed by atoms with Crippen molar-refractivity contribution in [3.8, 4) is 0 Å². The maximum absolute atomic E-state index is 12.7. The van der Waals surface area contributed by atoms with Gasteiger partial charge in [-0.25, -0.2) is 0 Å². The zero-order chi connectivity index (χ0) is 18.0. The number of thioether (sulfide) groups is 1. The van der Waals surface area contributed by atoms with Gasteiger partial charge in [0.15, 0.2) is 10.9 Å². The molecular weight excluding hydrogens is 336 g/mol. The normalized spacial score (nSPS) is 14.2. The van der Waals surface area contributed by atoms with E-state index in [2.05, 4.69) is 26.3 Å². The zero-order valence-corrected chi connectivity index (χ0v) is 16.2. The van der Waals surface area contributed by atoms with Gasteiger partial charge in [0.25, 0.3) is 0 Å². The zero-order valence-electron chi connectivity index (χ0n) is 15.4. The van der Waals surface area contributed by atoms with E-state index in [-0.39, 0.29) is 5.78 Å². The number of nitrogens with zero attached hydrogens (tertiary/aromatic N) is 4. The van der Waals surface area contributed by atoms with E-state index >= 15 is 0 Å². The minimum Gasteiger partial charge on any atom is -0.383 e. The second-order valence-electron chi connectivity index (χ2n) is 6.50. The van der Waals surface area contributed by atoms with Crippen LogP contribution in [0.25, 0.3) is 0 Å². The fraction of sp³-hybridized carbons (Fsp3) is 0.611. The fourth-order valence-electron chi connectivity index (χ4n) is 3.17. The van der Waals surface area contributed by atoms with Gasteiger partial charge in [-0.15, -0.1) is 10.2 Å². The summed E-state index contributed by atoms with van der Waals surface area (Å²) >= 11 is 1.49. The lowest BCUT2D eigenvalue weighted by Crippen LogP contribution is -2.10.